The predicted octanol–water partition coefficient (Wildman–Crippen LogP) is 0.270. The van der Waals surface area contributed by atoms with Crippen LogP contribution in [0.2, 0.25) is 0 Å². The highest BCUT2D eigenvalue weighted by Crippen LogP contribution is 2.21. The number of nitrogens with zero attached hydrogens (tertiary/aromatic N) is 1. The number of thiophene rings is 1. The summed E-state index contributed by atoms with van der Waals surface area (Å²) in [6, 6.07) is 10.2. The molecule has 0 bridgehead atoms. The lowest BCUT2D eigenvalue weighted by Gasteiger charge is -2.17. The van der Waals surface area contributed by atoms with Gasteiger partial charge in [0.15, 0.2) is 6.61 Å². The average molecular weight is 347 g/mol. The molecule has 2 aromatic rings. The maximum atomic E-state index is 12.2. The Morgan fingerprint density at radius 2 is 1.92 bits per heavy atom. The molecular weight excluding hydrogens is 332 g/mol. The van der Waals surface area contributed by atoms with Gasteiger partial charge in [0.1, 0.15) is 5.75 Å². The quantitative estimate of drug-likeness (QED) is 0.775. The summed E-state index contributed by atoms with van der Waals surface area (Å²) >= 11 is 1.37. The summed E-state index contributed by atoms with van der Waals surface area (Å²) in [6.45, 7) is -0.868. The van der Waals surface area contributed by atoms with Gasteiger partial charge in [0, 0.05) is 12.7 Å². The van der Waals surface area contributed by atoms with Crippen molar-refractivity contribution in [1.82, 2.24) is 5.32 Å². The van der Waals surface area contributed by atoms with Crippen molar-refractivity contribution in [2.45, 2.75) is 0 Å². The summed E-state index contributed by atoms with van der Waals surface area (Å²) in [5, 5.41) is 14.2. The lowest BCUT2D eigenvalue weighted by molar-refractivity contribution is -0.304. The summed E-state index contributed by atoms with van der Waals surface area (Å²) in [5.41, 5.74) is 0.683. The minimum Gasteiger partial charge on any atom is -0.548 e. The molecule has 0 aliphatic rings. The zero-order valence-electron chi connectivity index (χ0n) is 12.9. The van der Waals surface area contributed by atoms with E-state index in [1.54, 1.807) is 37.4 Å². The number of hydrogen-bond acceptors (Lipinski definition) is 6. The molecule has 0 saturated carbocycles. The molecule has 24 heavy (non-hydrogen) atoms. The van der Waals surface area contributed by atoms with Gasteiger partial charge >= 0.3 is 0 Å². The Labute approximate surface area is 142 Å². The summed E-state index contributed by atoms with van der Waals surface area (Å²) in [4.78, 5) is 35.9. The van der Waals surface area contributed by atoms with Crippen molar-refractivity contribution in [3.8, 4) is 5.75 Å². The number of anilines is 1. The van der Waals surface area contributed by atoms with E-state index < -0.39 is 18.4 Å². The Hall–Kier alpha value is -2.87. The van der Waals surface area contributed by atoms with Crippen molar-refractivity contribution in [2.75, 3.05) is 25.1 Å². The summed E-state index contributed by atoms with van der Waals surface area (Å²) < 4.78 is 5.24. The number of hydrogen-bond donors (Lipinski definition) is 1. The Bertz CT molecular complexity index is 713. The highest BCUT2D eigenvalue weighted by atomic mass is 32.1. The second-order valence-corrected chi connectivity index (χ2v) is 5.72. The molecule has 0 spiro atoms. The summed E-state index contributed by atoms with van der Waals surface area (Å²) in [7, 11) is 1.67. The van der Waals surface area contributed by atoms with Crippen molar-refractivity contribution in [3.63, 3.8) is 0 Å². The summed E-state index contributed by atoms with van der Waals surface area (Å²) in [5.74, 6) is -1.61. The first-order valence-electron chi connectivity index (χ1n) is 6.98. The molecular formula is C16H15N2O5S-. The fourth-order valence-electron chi connectivity index (χ4n) is 1.82. The standard InChI is InChI=1S/C16H16N2O5S/c1-18(16(22)13-3-2-8-24-13)11-4-6-12(7-5-11)23-10-14(19)17-9-15(20)21/h2-8H,9-10H2,1H3,(H,17,19)(H,20,21)/p-1. The molecule has 1 heterocycles. The van der Waals surface area contributed by atoms with E-state index in [1.807, 2.05) is 11.4 Å². The van der Waals surface area contributed by atoms with Crippen molar-refractivity contribution < 1.29 is 24.2 Å². The van der Waals surface area contributed by atoms with Crippen LogP contribution in [0.5, 0.6) is 5.75 Å². The van der Waals surface area contributed by atoms with Crippen LogP contribution < -0.4 is 20.1 Å². The Morgan fingerprint density at radius 3 is 2.50 bits per heavy atom. The first-order valence-corrected chi connectivity index (χ1v) is 7.86. The maximum Gasteiger partial charge on any atom is 0.268 e. The topological polar surface area (TPSA) is 98.8 Å². The number of benzene rings is 1. The smallest absolute Gasteiger partial charge is 0.268 e. The average Bonchev–Trinajstić information content (AvgIpc) is 3.11. The summed E-state index contributed by atoms with van der Waals surface area (Å²) in [6.07, 6.45) is 0. The largest absolute Gasteiger partial charge is 0.548 e. The number of carbonyl (C=O) groups excluding carboxylic acids is 3. The van der Waals surface area contributed by atoms with Gasteiger partial charge in [0.25, 0.3) is 11.8 Å². The molecule has 1 N–H and O–H groups in total. The monoisotopic (exact) mass is 347 g/mol. The number of ether oxygens (including phenoxy) is 1. The van der Waals surface area contributed by atoms with Crippen LogP contribution in [-0.2, 0) is 9.59 Å². The van der Waals surface area contributed by atoms with Crippen LogP contribution in [0.4, 0.5) is 5.69 Å². The number of carboxylic acids is 1. The molecule has 0 atom stereocenters. The molecule has 2 amide bonds. The second-order valence-electron chi connectivity index (χ2n) is 4.77. The normalized spacial score (nSPS) is 10.0. The van der Waals surface area contributed by atoms with Crippen LogP contribution in [0, 0.1) is 0 Å². The number of aliphatic carboxylic acids is 1. The number of carboxylic acid groups (broad SMARTS) is 1. The van der Waals surface area contributed by atoms with Crippen LogP contribution in [0.3, 0.4) is 0 Å². The van der Waals surface area contributed by atoms with Gasteiger partial charge in [-0.05, 0) is 35.7 Å². The first-order chi connectivity index (χ1) is 11.5. The maximum absolute atomic E-state index is 12.2. The molecule has 0 aliphatic heterocycles. The fraction of sp³-hybridized carbons (Fsp3) is 0.188. The number of nitrogens with one attached hydrogen (secondary N) is 1. The fourth-order valence-corrected chi connectivity index (χ4v) is 2.52. The van der Waals surface area contributed by atoms with Crippen LogP contribution in [0.15, 0.2) is 41.8 Å². The van der Waals surface area contributed by atoms with E-state index in [0.29, 0.717) is 16.3 Å². The number of rotatable bonds is 7. The van der Waals surface area contributed by atoms with Gasteiger partial charge in [-0.2, -0.15) is 0 Å². The Kier molecular flexibility index (Phi) is 5.91. The molecule has 0 fully saturated rings. The van der Waals surface area contributed by atoms with Gasteiger partial charge in [-0.25, -0.2) is 0 Å². The third kappa shape index (κ3) is 4.82. The zero-order chi connectivity index (χ0) is 17.5. The van der Waals surface area contributed by atoms with E-state index >= 15 is 0 Å². The molecule has 0 radical (unpaired) electrons. The number of amides is 2. The third-order valence-electron chi connectivity index (χ3n) is 3.06. The van der Waals surface area contributed by atoms with Gasteiger partial charge in [-0.15, -0.1) is 11.3 Å². The zero-order valence-corrected chi connectivity index (χ0v) is 13.7. The minimum absolute atomic E-state index is 0.111. The van der Waals surface area contributed by atoms with Gasteiger partial charge in [-0.3, -0.25) is 9.59 Å². The lowest BCUT2D eigenvalue weighted by Crippen LogP contribution is -2.39. The van der Waals surface area contributed by atoms with E-state index in [4.69, 9.17) is 4.74 Å². The highest BCUT2D eigenvalue weighted by molar-refractivity contribution is 7.12. The third-order valence-corrected chi connectivity index (χ3v) is 3.92. The van der Waals surface area contributed by atoms with E-state index in [0.717, 1.165) is 0 Å². The molecule has 7 nitrogen and oxygen atoms in total. The van der Waals surface area contributed by atoms with Gasteiger partial charge in [0.05, 0.1) is 17.4 Å². The Balaban J connectivity index is 1.89. The molecule has 0 unspecified atom stereocenters. The van der Waals surface area contributed by atoms with E-state index in [-0.39, 0.29) is 12.5 Å². The Morgan fingerprint density at radius 1 is 1.21 bits per heavy atom. The van der Waals surface area contributed by atoms with Crippen LogP contribution in [0.1, 0.15) is 9.67 Å². The highest BCUT2D eigenvalue weighted by Gasteiger charge is 2.14. The van der Waals surface area contributed by atoms with Gasteiger partial charge in [-0.1, -0.05) is 6.07 Å². The van der Waals surface area contributed by atoms with E-state index in [2.05, 4.69) is 5.32 Å². The first kappa shape index (κ1) is 17.5. The minimum atomic E-state index is -1.37. The predicted molar refractivity (Wildman–Crippen MR) is 87.0 cm³/mol. The van der Waals surface area contributed by atoms with Crippen molar-refractivity contribution in [3.05, 3.63) is 46.7 Å². The van der Waals surface area contributed by atoms with Crippen LogP contribution in [0.25, 0.3) is 0 Å². The van der Waals surface area contributed by atoms with Crippen molar-refractivity contribution in [1.29, 1.82) is 0 Å². The molecule has 8 heteroatoms. The molecule has 1 aromatic carbocycles. The number of carbonyl (C=O) groups is 3. The van der Waals surface area contributed by atoms with Gasteiger partial charge in [0.2, 0.25) is 0 Å². The van der Waals surface area contributed by atoms with Crippen molar-refractivity contribution in [2.24, 2.45) is 0 Å². The van der Waals surface area contributed by atoms with E-state index in [9.17, 15) is 19.5 Å². The molecule has 1 aromatic heterocycles. The molecule has 2 rings (SSSR count). The second kappa shape index (κ2) is 8.11. The van der Waals surface area contributed by atoms with Gasteiger partial charge < -0.3 is 24.9 Å². The molecule has 126 valence electrons. The molecule has 0 aliphatic carbocycles. The van der Waals surface area contributed by atoms with Crippen LogP contribution in [-0.4, -0.2) is 38.0 Å². The lowest BCUT2D eigenvalue weighted by atomic mass is 10.2. The molecule has 0 saturated heterocycles. The van der Waals surface area contributed by atoms with Crippen molar-refractivity contribution >= 4 is 34.8 Å². The SMILES string of the molecule is CN(C(=O)c1cccs1)c1ccc(OCC(=O)NCC(=O)[O-])cc1. The van der Waals surface area contributed by atoms with Crippen LogP contribution >= 0.6 is 11.3 Å². The van der Waals surface area contributed by atoms with E-state index in [1.165, 1.54) is 16.2 Å².